The zero-order chi connectivity index (χ0) is 12.5. The molecule has 2 aliphatic rings. The number of H-pyrrole nitrogens is 1. The molecule has 1 saturated heterocycles. The van der Waals surface area contributed by atoms with Gasteiger partial charge in [0.2, 0.25) is 5.91 Å². The summed E-state index contributed by atoms with van der Waals surface area (Å²) in [5, 5.41) is 5.74. The molecular weight excluding hydrogens is 238 g/mol. The molecule has 96 valence electrons. The molecule has 2 atom stereocenters. The number of hydroxylamine groups is 1. The molecule has 0 radical (unpaired) electrons. The van der Waals surface area contributed by atoms with Crippen molar-refractivity contribution in [2.75, 3.05) is 6.61 Å². The van der Waals surface area contributed by atoms with Crippen LogP contribution in [0.3, 0.4) is 0 Å². The normalized spacial score (nSPS) is 26.6. The molecule has 1 aromatic heterocycles. The van der Waals surface area contributed by atoms with E-state index in [2.05, 4.69) is 26.1 Å². The Bertz CT molecular complexity index is 486. The Balaban J connectivity index is 1.62. The predicted octanol–water partition coefficient (Wildman–Crippen LogP) is -2.03. The molecule has 0 bridgehead atoms. The van der Waals surface area contributed by atoms with Gasteiger partial charge in [0.15, 0.2) is 0 Å². The summed E-state index contributed by atoms with van der Waals surface area (Å²) in [4.78, 5) is 35.2. The van der Waals surface area contributed by atoms with Crippen LogP contribution in [0.1, 0.15) is 11.4 Å². The van der Waals surface area contributed by atoms with Crippen molar-refractivity contribution in [1.82, 2.24) is 26.1 Å². The third kappa shape index (κ3) is 1.95. The van der Waals surface area contributed by atoms with Crippen molar-refractivity contribution in [2.24, 2.45) is 0 Å². The Morgan fingerprint density at radius 3 is 3.22 bits per heavy atom. The van der Waals surface area contributed by atoms with E-state index >= 15 is 0 Å². The van der Waals surface area contributed by atoms with E-state index in [1.54, 1.807) is 6.33 Å². The number of hydrogen-bond acceptors (Lipinski definition) is 5. The van der Waals surface area contributed by atoms with Gasteiger partial charge in [0, 0.05) is 13.0 Å². The molecule has 4 N–H and O–H groups in total. The van der Waals surface area contributed by atoms with Gasteiger partial charge in [-0.15, -0.1) is 0 Å². The van der Waals surface area contributed by atoms with Gasteiger partial charge in [-0.3, -0.25) is 19.7 Å². The third-order valence-corrected chi connectivity index (χ3v) is 3.10. The molecule has 1 fully saturated rings. The molecule has 2 amide bonds. The number of aromatic nitrogens is 2. The number of aromatic amines is 1. The second-order valence-corrected chi connectivity index (χ2v) is 4.30. The highest BCUT2D eigenvalue weighted by Gasteiger charge is 2.31. The Kier molecular flexibility index (Phi) is 2.73. The number of nitrogens with one attached hydrogen (secondary N) is 4. The monoisotopic (exact) mass is 251 g/mol. The van der Waals surface area contributed by atoms with Crippen molar-refractivity contribution < 1.29 is 14.4 Å². The molecule has 0 spiro atoms. The Morgan fingerprint density at radius 1 is 1.56 bits per heavy atom. The van der Waals surface area contributed by atoms with Gasteiger partial charge in [-0.05, 0) is 0 Å². The average Bonchev–Trinajstić information content (AvgIpc) is 2.98. The molecule has 0 aromatic carbocycles. The smallest absolute Gasteiger partial charge is 0.268 e. The van der Waals surface area contributed by atoms with E-state index in [-0.39, 0.29) is 24.5 Å². The molecule has 8 nitrogen and oxygen atoms in total. The second-order valence-electron chi connectivity index (χ2n) is 4.30. The van der Waals surface area contributed by atoms with Crippen molar-refractivity contribution >= 4 is 11.8 Å². The highest BCUT2D eigenvalue weighted by atomic mass is 16.7. The Hall–Kier alpha value is -1.93. The first-order chi connectivity index (χ1) is 8.74. The Morgan fingerprint density at radius 2 is 2.44 bits per heavy atom. The van der Waals surface area contributed by atoms with Crippen molar-refractivity contribution in [3.05, 3.63) is 17.7 Å². The van der Waals surface area contributed by atoms with E-state index < -0.39 is 6.04 Å². The van der Waals surface area contributed by atoms with Crippen molar-refractivity contribution in [1.29, 1.82) is 0 Å². The van der Waals surface area contributed by atoms with Crippen LogP contribution >= 0.6 is 0 Å². The molecule has 0 aliphatic carbocycles. The van der Waals surface area contributed by atoms with Crippen LogP contribution in [-0.2, 0) is 27.4 Å². The number of fused-ring (bicyclic) bond motifs is 1. The van der Waals surface area contributed by atoms with Gasteiger partial charge in [0.1, 0.15) is 12.6 Å². The standard InChI is InChI=1S/C10H13N5O3/c16-9(14-8-3-18-15-10(8)17)6-1-5-7(2-11-6)13-4-12-5/h4,6,8,11H,1-3H2,(H,12,13)(H,14,16)(H,15,17)/t6?,8-/m1/s1. The maximum absolute atomic E-state index is 12.0. The molecule has 3 rings (SSSR count). The topological polar surface area (TPSA) is 108 Å². The maximum atomic E-state index is 12.0. The number of nitrogens with zero attached hydrogens (tertiary/aromatic N) is 1. The fourth-order valence-electron chi connectivity index (χ4n) is 2.08. The molecule has 18 heavy (non-hydrogen) atoms. The largest absolute Gasteiger partial charge is 0.347 e. The summed E-state index contributed by atoms with van der Waals surface area (Å²) in [7, 11) is 0. The highest BCUT2D eigenvalue weighted by molar-refractivity contribution is 5.90. The molecule has 3 heterocycles. The minimum Gasteiger partial charge on any atom is -0.347 e. The summed E-state index contributed by atoms with van der Waals surface area (Å²) >= 11 is 0. The first-order valence-electron chi connectivity index (χ1n) is 5.70. The summed E-state index contributed by atoms with van der Waals surface area (Å²) in [5.74, 6) is -0.533. The number of carbonyl (C=O) groups is 2. The van der Waals surface area contributed by atoms with Gasteiger partial charge < -0.3 is 10.3 Å². The zero-order valence-electron chi connectivity index (χ0n) is 9.53. The lowest BCUT2D eigenvalue weighted by Crippen LogP contribution is -2.52. The molecule has 2 aliphatic heterocycles. The van der Waals surface area contributed by atoms with Gasteiger partial charge in [-0.2, -0.15) is 0 Å². The molecule has 8 heteroatoms. The second kappa shape index (κ2) is 4.39. The van der Waals surface area contributed by atoms with Crippen LogP contribution in [-0.4, -0.2) is 40.5 Å². The highest BCUT2D eigenvalue weighted by Crippen LogP contribution is 2.12. The number of hydrogen-bond donors (Lipinski definition) is 4. The van der Waals surface area contributed by atoms with E-state index in [0.717, 1.165) is 11.4 Å². The zero-order valence-corrected chi connectivity index (χ0v) is 9.53. The van der Waals surface area contributed by atoms with Crippen LogP contribution in [0.4, 0.5) is 0 Å². The van der Waals surface area contributed by atoms with Gasteiger partial charge in [0.25, 0.3) is 5.91 Å². The number of amides is 2. The van der Waals surface area contributed by atoms with Gasteiger partial charge in [0.05, 0.1) is 23.8 Å². The predicted molar refractivity (Wildman–Crippen MR) is 58.9 cm³/mol. The maximum Gasteiger partial charge on any atom is 0.268 e. The SMILES string of the molecule is O=C(N[C@@H]1CONC1=O)C1Cc2nc[nH]c2CN1. The summed E-state index contributed by atoms with van der Waals surface area (Å²) in [5.41, 5.74) is 4.09. The van der Waals surface area contributed by atoms with Crippen molar-refractivity contribution in [3.63, 3.8) is 0 Å². The van der Waals surface area contributed by atoms with Gasteiger partial charge >= 0.3 is 0 Å². The summed E-state index contributed by atoms with van der Waals surface area (Å²) in [6, 6.07) is -0.978. The molecule has 1 unspecified atom stereocenters. The van der Waals surface area contributed by atoms with Gasteiger partial charge in [-0.1, -0.05) is 0 Å². The van der Waals surface area contributed by atoms with Crippen LogP contribution in [0.5, 0.6) is 0 Å². The molecular formula is C10H13N5O3. The lowest BCUT2D eigenvalue weighted by atomic mass is 10.0. The quantitative estimate of drug-likeness (QED) is 0.485. The van der Waals surface area contributed by atoms with Crippen LogP contribution in [0.25, 0.3) is 0 Å². The fraction of sp³-hybridized carbons (Fsp3) is 0.500. The van der Waals surface area contributed by atoms with E-state index in [0.29, 0.717) is 13.0 Å². The molecule has 1 aromatic rings. The van der Waals surface area contributed by atoms with Crippen LogP contribution in [0.15, 0.2) is 6.33 Å². The number of carbonyl (C=O) groups excluding carboxylic acids is 2. The fourth-order valence-corrected chi connectivity index (χ4v) is 2.08. The van der Waals surface area contributed by atoms with E-state index in [4.69, 9.17) is 4.84 Å². The Labute approximate surface area is 102 Å². The lowest BCUT2D eigenvalue weighted by molar-refractivity contribution is -0.129. The van der Waals surface area contributed by atoms with Crippen LogP contribution < -0.4 is 16.1 Å². The third-order valence-electron chi connectivity index (χ3n) is 3.10. The van der Waals surface area contributed by atoms with Crippen molar-refractivity contribution in [2.45, 2.75) is 25.0 Å². The van der Waals surface area contributed by atoms with E-state index in [1.165, 1.54) is 0 Å². The summed E-state index contributed by atoms with van der Waals surface area (Å²) in [6.07, 6.45) is 2.13. The number of rotatable bonds is 2. The minimum atomic E-state index is -0.611. The lowest BCUT2D eigenvalue weighted by Gasteiger charge is -2.23. The summed E-state index contributed by atoms with van der Waals surface area (Å²) < 4.78 is 0. The molecule has 0 saturated carbocycles. The first kappa shape index (κ1) is 11.2. The van der Waals surface area contributed by atoms with E-state index in [9.17, 15) is 9.59 Å². The first-order valence-corrected chi connectivity index (χ1v) is 5.70. The van der Waals surface area contributed by atoms with Crippen LogP contribution in [0.2, 0.25) is 0 Å². The van der Waals surface area contributed by atoms with E-state index in [1.807, 2.05) is 0 Å². The minimum absolute atomic E-state index is 0.158. The van der Waals surface area contributed by atoms with Crippen molar-refractivity contribution in [3.8, 4) is 0 Å². The average molecular weight is 251 g/mol. The summed E-state index contributed by atoms with van der Waals surface area (Å²) in [6.45, 7) is 0.728. The van der Waals surface area contributed by atoms with Gasteiger partial charge in [-0.25, -0.2) is 10.5 Å². The number of imidazole rings is 1. The van der Waals surface area contributed by atoms with Crippen LogP contribution in [0, 0.1) is 0 Å².